The molecule has 9 aromatic carbocycles. The SMILES string of the molecule is [2H]c1c([2H])c([2H])c(-c2c([2H])c([2H])c(-c3c([2H])c([2H])c(-n4c5c([2H])c([2H])c([2H])c([2H])c5c5c([2H])c(-c6c([2H])c([2H])c7c(c6[2H])c6c([2H])c([2H])c([2H])c([2H])c6n7-c6c([2H])c([2H])c([2H])c([2H])c6-c6c([2H])c([2H])c([2H])c([2H])c6[2H])c([2H])c([2H])c54)c([2H])c3[2H])c([2H])c2[2H])c([2H])c1[2H]. The van der Waals surface area contributed by atoms with Gasteiger partial charge in [-0.15, -0.1) is 0 Å². The third-order valence-corrected chi connectivity index (χ3v) is 8.67. The Bertz CT molecular complexity index is 5230. The third kappa shape index (κ3) is 5.26. The molecule has 2 nitrogen and oxygen atoms in total. The van der Waals surface area contributed by atoms with E-state index in [1.807, 2.05) is 0 Å². The molecule has 0 bridgehead atoms. The number of benzene rings is 9. The van der Waals surface area contributed by atoms with E-state index in [4.69, 9.17) is 28.8 Å². The van der Waals surface area contributed by atoms with Gasteiger partial charge in [-0.25, -0.2) is 0 Å². The summed E-state index contributed by atoms with van der Waals surface area (Å²) < 4.78 is 326. The van der Waals surface area contributed by atoms with Crippen molar-refractivity contribution in [2.45, 2.75) is 0 Å². The summed E-state index contributed by atoms with van der Waals surface area (Å²) in [6, 6.07) is -37.0. The monoisotopic (exact) mass is 749 g/mol. The van der Waals surface area contributed by atoms with Crippen LogP contribution < -0.4 is 0 Å². The molecule has 0 aliphatic rings. The first-order valence-electron chi connectivity index (χ1n) is 34.3. The van der Waals surface area contributed by atoms with Crippen LogP contribution in [-0.4, -0.2) is 9.13 Å². The van der Waals surface area contributed by atoms with E-state index in [9.17, 15) is 20.6 Å². The Labute approximate surface area is 376 Å². The van der Waals surface area contributed by atoms with Crippen LogP contribution in [-0.2, 0) is 0 Å². The van der Waals surface area contributed by atoms with Gasteiger partial charge in [-0.05, 0) is 93.3 Å². The zero-order valence-electron chi connectivity index (χ0n) is 63.9. The molecule has 0 amide bonds. The van der Waals surface area contributed by atoms with Crippen molar-refractivity contribution in [2.24, 2.45) is 0 Å². The summed E-state index contributed by atoms with van der Waals surface area (Å²) in [5.41, 5.74) is -11.9. The maximum absolute atomic E-state index is 9.98. The second-order valence-electron chi connectivity index (χ2n) is 11.8. The van der Waals surface area contributed by atoms with Gasteiger partial charge in [-0.2, -0.15) is 0 Å². The van der Waals surface area contributed by atoms with Gasteiger partial charge in [-0.3, -0.25) is 0 Å². The topological polar surface area (TPSA) is 9.86 Å². The number of hydrogen-bond donors (Lipinski definition) is 0. The third-order valence-electron chi connectivity index (χ3n) is 8.67. The molecular weight excluding hydrogens is 677 g/mol. The summed E-state index contributed by atoms with van der Waals surface area (Å²) in [6.45, 7) is 0. The molecule has 0 unspecified atom stereocenters. The highest BCUT2D eigenvalue weighted by Crippen LogP contribution is 2.40. The lowest BCUT2D eigenvalue weighted by Gasteiger charge is -2.14. The number of nitrogens with zero attached hydrogens (tertiary/aromatic N) is 2. The van der Waals surface area contributed by atoms with Crippen molar-refractivity contribution < 1.29 is 49.3 Å². The van der Waals surface area contributed by atoms with Gasteiger partial charge in [0.2, 0.25) is 0 Å². The average molecular weight is 749 g/mol. The summed E-state index contributed by atoms with van der Waals surface area (Å²) in [5, 5.41) is -2.90. The van der Waals surface area contributed by atoms with Gasteiger partial charge in [0.25, 0.3) is 0 Å². The van der Waals surface area contributed by atoms with E-state index < -0.39 is 317 Å². The summed E-state index contributed by atoms with van der Waals surface area (Å²) in [7, 11) is 0. The van der Waals surface area contributed by atoms with Crippen LogP contribution in [0.5, 0.6) is 0 Å². The molecule has 0 radical (unpaired) electrons. The molecule has 262 valence electrons. The summed E-state index contributed by atoms with van der Waals surface area (Å²) >= 11 is 0. The van der Waals surface area contributed by atoms with Crippen LogP contribution in [0, 0.1) is 0 Å². The number of para-hydroxylation sites is 3. The Morgan fingerprint density at radius 1 is 0.268 bits per heavy atom. The largest absolute Gasteiger partial charge is 0.309 e. The van der Waals surface area contributed by atoms with E-state index in [2.05, 4.69) is 0 Å². The van der Waals surface area contributed by atoms with Crippen LogP contribution in [0.1, 0.15) is 49.3 Å². The van der Waals surface area contributed by atoms with E-state index in [-0.39, 0.29) is 0 Å². The molecule has 0 saturated heterocycles. The van der Waals surface area contributed by atoms with Gasteiger partial charge in [0.1, 0.15) is 0 Å². The van der Waals surface area contributed by atoms with Crippen molar-refractivity contribution in [3.05, 3.63) is 218 Å². The lowest BCUT2D eigenvalue weighted by Crippen LogP contribution is -1.97. The minimum absolute atomic E-state index is 0.618. The van der Waals surface area contributed by atoms with Crippen molar-refractivity contribution in [3.8, 4) is 55.9 Å². The zero-order chi connectivity index (χ0) is 68.3. The molecule has 2 heteroatoms. The fraction of sp³-hybridized carbons (Fsp3) is 0. The molecular formula is C54H36N2. The highest BCUT2D eigenvalue weighted by atomic mass is 15.0. The highest BCUT2D eigenvalue weighted by Gasteiger charge is 2.18. The maximum atomic E-state index is 9.98. The predicted octanol–water partition coefficient (Wildman–Crippen LogP) is 14.5. The maximum Gasteiger partial charge on any atom is 0.0645 e. The minimum Gasteiger partial charge on any atom is -0.309 e. The first-order chi connectivity index (χ1) is 42.8. The normalized spacial score (nSPS) is 20.6. The van der Waals surface area contributed by atoms with Crippen LogP contribution in [0.2, 0.25) is 0 Å². The fourth-order valence-electron chi connectivity index (χ4n) is 6.24. The van der Waals surface area contributed by atoms with Gasteiger partial charge < -0.3 is 9.13 Å². The van der Waals surface area contributed by atoms with E-state index in [0.29, 0.717) is 9.13 Å². The minimum atomic E-state index is -1.16. The molecule has 2 heterocycles. The molecule has 11 aromatic rings. The van der Waals surface area contributed by atoms with Crippen molar-refractivity contribution in [2.75, 3.05) is 0 Å². The molecule has 2 aromatic heterocycles. The van der Waals surface area contributed by atoms with E-state index >= 15 is 0 Å². The Morgan fingerprint density at radius 2 is 0.661 bits per heavy atom. The molecule has 0 N–H and O–H groups in total. The van der Waals surface area contributed by atoms with E-state index in [1.165, 1.54) is 0 Å². The summed E-state index contributed by atoms with van der Waals surface area (Å²) in [4.78, 5) is 0. The number of hydrogen-bond acceptors (Lipinski definition) is 0. The smallest absolute Gasteiger partial charge is 0.0645 e. The second kappa shape index (κ2) is 13.2. The molecule has 0 aliphatic carbocycles. The number of fused-ring (bicyclic) bond motifs is 6. The van der Waals surface area contributed by atoms with Crippen LogP contribution in [0.3, 0.4) is 0 Å². The predicted molar refractivity (Wildman–Crippen MR) is 237 cm³/mol. The fourth-order valence-corrected chi connectivity index (χ4v) is 6.24. The van der Waals surface area contributed by atoms with Crippen LogP contribution in [0.15, 0.2) is 218 Å². The standard InChI is InChI=1S/C54H36N2/c1-3-13-37(14-4-1)38-23-25-39(26-24-38)40-27-31-44(32-28-40)55-51-21-11-8-18-46(51)48-35-42(29-33-53(48)55)43-30-34-54-49(36-43)47-19-9-12-22-52(47)56(54)50-20-10-7-17-45(50)41-15-5-2-6-16-41/h1-36H/i1D,2D,3D,4D,5D,6D,7D,8D,9D,10D,11D,12D,13D,14D,15D,16D,17D,18D,19D,20D,21D,22D,23D,24D,25D,26D,27D,28D,29D,30D,31D,32D,33D,34D,35D,36D. The first kappa shape index (κ1) is 12.3. The van der Waals surface area contributed by atoms with E-state index in [1.54, 1.807) is 0 Å². The average Bonchev–Trinajstić information content (AvgIpc) is 1.50. The quantitative estimate of drug-likeness (QED) is 0.160. The van der Waals surface area contributed by atoms with Crippen molar-refractivity contribution in [1.82, 2.24) is 9.13 Å². The zero-order valence-corrected chi connectivity index (χ0v) is 27.9. The first-order valence-corrected chi connectivity index (χ1v) is 16.3. The van der Waals surface area contributed by atoms with Gasteiger partial charge in [0.05, 0.1) is 77.1 Å². The van der Waals surface area contributed by atoms with Crippen molar-refractivity contribution >= 4 is 43.6 Å². The Hall–Kier alpha value is -7.42. The van der Waals surface area contributed by atoms with Gasteiger partial charge in [0, 0.05) is 32.8 Å². The molecule has 0 spiro atoms. The highest BCUT2D eigenvalue weighted by molar-refractivity contribution is 6.13. The van der Waals surface area contributed by atoms with Gasteiger partial charge >= 0.3 is 0 Å². The lowest BCUT2D eigenvalue weighted by molar-refractivity contribution is 1.18. The van der Waals surface area contributed by atoms with Crippen LogP contribution >= 0.6 is 0 Å². The summed E-state index contributed by atoms with van der Waals surface area (Å²) in [5.74, 6) is 0. The number of aromatic nitrogens is 2. The molecule has 0 aliphatic heterocycles. The molecule has 0 saturated carbocycles. The van der Waals surface area contributed by atoms with E-state index in [0.717, 1.165) is 0 Å². The molecule has 0 fully saturated rings. The Morgan fingerprint density at radius 3 is 1.25 bits per heavy atom. The molecule has 56 heavy (non-hydrogen) atoms. The molecule has 11 rings (SSSR count). The summed E-state index contributed by atoms with van der Waals surface area (Å²) in [6.07, 6.45) is 0. The lowest BCUT2D eigenvalue weighted by atomic mass is 10.00. The number of rotatable bonds is 6. The second-order valence-corrected chi connectivity index (χ2v) is 11.8. The Balaban J connectivity index is 1.26. The molecule has 0 atom stereocenters. The van der Waals surface area contributed by atoms with Gasteiger partial charge in [-0.1, -0.05) is 163 Å². The van der Waals surface area contributed by atoms with Gasteiger partial charge in [0.15, 0.2) is 0 Å². The van der Waals surface area contributed by atoms with Crippen molar-refractivity contribution in [1.29, 1.82) is 0 Å². The van der Waals surface area contributed by atoms with Crippen molar-refractivity contribution in [3.63, 3.8) is 0 Å². The van der Waals surface area contributed by atoms with Crippen LogP contribution in [0.25, 0.3) is 99.5 Å². The van der Waals surface area contributed by atoms with Crippen LogP contribution in [0.4, 0.5) is 0 Å². The Kier molecular flexibility index (Phi) is 2.89.